The number of amides is 1. The summed E-state index contributed by atoms with van der Waals surface area (Å²) in [4.78, 5) is 24.0. The van der Waals surface area contributed by atoms with E-state index in [2.05, 4.69) is 21.2 Å². The first kappa shape index (κ1) is 20.5. The molecule has 0 unspecified atom stereocenters. The molecule has 6 nitrogen and oxygen atoms in total. The number of esters is 1. The van der Waals surface area contributed by atoms with Crippen molar-refractivity contribution >= 4 is 27.8 Å². The van der Waals surface area contributed by atoms with Gasteiger partial charge in [-0.15, -0.1) is 0 Å². The molecule has 0 bridgehead atoms. The minimum absolute atomic E-state index is 0.132. The average Bonchev–Trinajstić information content (AvgIpc) is 2.68. The Kier molecular flexibility index (Phi) is 7.83. The minimum atomic E-state index is -0.449. The summed E-state index contributed by atoms with van der Waals surface area (Å²) in [6, 6.07) is 14.0. The van der Waals surface area contributed by atoms with Gasteiger partial charge in [0.2, 0.25) is 0 Å². The van der Waals surface area contributed by atoms with Crippen LogP contribution in [-0.2, 0) is 4.79 Å². The average molecular weight is 431 g/mol. The molecule has 1 amide bonds. The highest BCUT2D eigenvalue weighted by molar-refractivity contribution is 9.10. The Hall–Kier alpha value is -2.85. The maximum absolute atomic E-state index is 12.1. The summed E-state index contributed by atoms with van der Waals surface area (Å²) >= 11 is 3.30. The number of carbonyl (C=O) groups is 2. The Balaban J connectivity index is 1.87. The molecule has 0 aliphatic heterocycles. The van der Waals surface area contributed by atoms with Gasteiger partial charge < -0.3 is 14.8 Å². The number of nitrogens with one attached hydrogen (secondary N) is 1. The van der Waals surface area contributed by atoms with Gasteiger partial charge in [0, 0.05) is 24.6 Å². The lowest BCUT2D eigenvalue weighted by Crippen LogP contribution is -2.25. The maximum Gasteiger partial charge on any atom is 0.311 e. The van der Waals surface area contributed by atoms with Crippen molar-refractivity contribution in [1.29, 1.82) is 5.26 Å². The zero-order chi connectivity index (χ0) is 19.6. The second-order valence-electron chi connectivity index (χ2n) is 5.53. The van der Waals surface area contributed by atoms with Crippen molar-refractivity contribution in [2.24, 2.45) is 0 Å². The number of ether oxygens (including phenoxy) is 2. The number of nitrogens with zero attached hydrogens (tertiary/aromatic N) is 1. The SMILES string of the molecule is CCOc1cc(C#N)cc(Br)c1OC(=O)CCCNC(=O)c1ccccc1. The lowest BCUT2D eigenvalue weighted by molar-refractivity contribution is -0.134. The van der Waals surface area contributed by atoms with Crippen LogP contribution in [0.1, 0.15) is 35.7 Å². The Bertz CT molecular complexity index is 847. The van der Waals surface area contributed by atoms with Crippen molar-refractivity contribution < 1.29 is 19.1 Å². The van der Waals surface area contributed by atoms with Gasteiger partial charge in [-0.3, -0.25) is 9.59 Å². The molecule has 0 radical (unpaired) electrons. The first-order valence-electron chi connectivity index (χ1n) is 8.45. The molecule has 0 spiro atoms. The van der Waals surface area contributed by atoms with E-state index in [4.69, 9.17) is 14.7 Å². The summed E-state index contributed by atoms with van der Waals surface area (Å²) < 4.78 is 11.3. The second kappa shape index (κ2) is 10.3. The van der Waals surface area contributed by atoms with Crippen molar-refractivity contribution in [3.63, 3.8) is 0 Å². The molecular formula is C20H19BrN2O4. The monoisotopic (exact) mass is 430 g/mol. The largest absolute Gasteiger partial charge is 0.490 e. The lowest BCUT2D eigenvalue weighted by atomic mass is 10.2. The molecule has 0 fully saturated rings. The first-order chi connectivity index (χ1) is 13.0. The van der Waals surface area contributed by atoms with Gasteiger partial charge in [0.1, 0.15) is 0 Å². The molecule has 27 heavy (non-hydrogen) atoms. The third kappa shape index (κ3) is 6.12. The van der Waals surface area contributed by atoms with Gasteiger partial charge in [-0.2, -0.15) is 5.26 Å². The van der Waals surface area contributed by atoms with Gasteiger partial charge in [-0.05, 0) is 47.5 Å². The van der Waals surface area contributed by atoms with E-state index in [9.17, 15) is 9.59 Å². The number of hydrogen-bond donors (Lipinski definition) is 1. The van der Waals surface area contributed by atoms with Crippen LogP contribution in [0, 0.1) is 11.3 Å². The third-order valence-corrected chi connectivity index (χ3v) is 4.12. The van der Waals surface area contributed by atoms with Crippen LogP contribution in [0.3, 0.4) is 0 Å². The number of benzene rings is 2. The highest BCUT2D eigenvalue weighted by Gasteiger charge is 2.16. The fraction of sp³-hybridized carbons (Fsp3) is 0.250. The molecule has 0 aliphatic rings. The number of hydrogen-bond acceptors (Lipinski definition) is 5. The number of rotatable bonds is 8. The van der Waals surface area contributed by atoms with Crippen LogP contribution in [0.25, 0.3) is 0 Å². The van der Waals surface area contributed by atoms with Crippen molar-refractivity contribution in [2.75, 3.05) is 13.2 Å². The van der Waals surface area contributed by atoms with E-state index in [1.807, 2.05) is 12.1 Å². The molecule has 0 saturated carbocycles. The molecule has 0 aliphatic carbocycles. The molecule has 7 heteroatoms. The topological polar surface area (TPSA) is 88.4 Å². The zero-order valence-electron chi connectivity index (χ0n) is 14.8. The molecule has 2 rings (SSSR count). The molecule has 2 aromatic rings. The lowest BCUT2D eigenvalue weighted by Gasteiger charge is -2.13. The van der Waals surface area contributed by atoms with Crippen molar-refractivity contribution in [3.05, 3.63) is 58.1 Å². The Labute approximate surface area is 166 Å². The van der Waals surface area contributed by atoms with Crippen LogP contribution in [0.5, 0.6) is 11.5 Å². The summed E-state index contributed by atoms with van der Waals surface area (Å²) in [5.74, 6) is -0.0592. The highest BCUT2D eigenvalue weighted by Crippen LogP contribution is 2.37. The van der Waals surface area contributed by atoms with E-state index >= 15 is 0 Å². The summed E-state index contributed by atoms with van der Waals surface area (Å²) in [6.45, 7) is 2.53. The normalized spacial score (nSPS) is 9.96. The van der Waals surface area contributed by atoms with Gasteiger partial charge in [-0.1, -0.05) is 18.2 Å². The van der Waals surface area contributed by atoms with Crippen LogP contribution < -0.4 is 14.8 Å². The van der Waals surface area contributed by atoms with Crippen LogP contribution in [0.2, 0.25) is 0 Å². The second-order valence-corrected chi connectivity index (χ2v) is 6.38. The number of halogens is 1. The van der Waals surface area contributed by atoms with Gasteiger partial charge in [0.15, 0.2) is 11.5 Å². The predicted octanol–water partition coefficient (Wildman–Crippen LogP) is 3.84. The van der Waals surface area contributed by atoms with Crippen LogP contribution in [0.4, 0.5) is 0 Å². The fourth-order valence-electron chi connectivity index (χ4n) is 2.29. The van der Waals surface area contributed by atoms with E-state index in [1.165, 1.54) is 6.07 Å². The number of carbonyl (C=O) groups excluding carboxylic acids is 2. The molecule has 0 atom stereocenters. The molecule has 0 saturated heterocycles. The van der Waals surface area contributed by atoms with Gasteiger partial charge in [0.05, 0.1) is 22.7 Å². The van der Waals surface area contributed by atoms with E-state index in [1.54, 1.807) is 37.3 Å². The standard InChI is InChI=1S/C20H19BrN2O4/c1-2-26-17-12-14(13-22)11-16(21)19(17)27-18(24)9-6-10-23-20(25)15-7-4-3-5-8-15/h3-5,7-8,11-12H,2,6,9-10H2,1H3,(H,23,25). The highest BCUT2D eigenvalue weighted by atomic mass is 79.9. The predicted molar refractivity (Wildman–Crippen MR) is 104 cm³/mol. The molecule has 140 valence electrons. The van der Waals surface area contributed by atoms with E-state index in [0.29, 0.717) is 40.9 Å². The van der Waals surface area contributed by atoms with Gasteiger partial charge in [-0.25, -0.2) is 0 Å². The third-order valence-electron chi connectivity index (χ3n) is 3.53. The summed E-state index contributed by atoms with van der Waals surface area (Å²) in [5, 5.41) is 11.8. The van der Waals surface area contributed by atoms with Crippen LogP contribution in [0.15, 0.2) is 46.9 Å². The summed E-state index contributed by atoms with van der Waals surface area (Å²) in [7, 11) is 0. The molecule has 0 aromatic heterocycles. The van der Waals surface area contributed by atoms with Crippen molar-refractivity contribution in [2.45, 2.75) is 19.8 Å². The van der Waals surface area contributed by atoms with Crippen molar-refractivity contribution in [3.8, 4) is 17.6 Å². The molecular weight excluding hydrogens is 412 g/mol. The Morgan fingerprint density at radius 3 is 2.63 bits per heavy atom. The van der Waals surface area contributed by atoms with Gasteiger partial charge in [0.25, 0.3) is 5.91 Å². The quantitative estimate of drug-likeness (QED) is 0.390. The van der Waals surface area contributed by atoms with E-state index in [-0.39, 0.29) is 18.1 Å². The molecule has 2 aromatic carbocycles. The Morgan fingerprint density at radius 1 is 1.22 bits per heavy atom. The first-order valence-corrected chi connectivity index (χ1v) is 9.24. The molecule has 1 N–H and O–H groups in total. The zero-order valence-corrected chi connectivity index (χ0v) is 16.4. The number of nitriles is 1. The Morgan fingerprint density at radius 2 is 1.96 bits per heavy atom. The van der Waals surface area contributed by atoms with Crippen LogP contribution in [-0.4, -0.2) is 25.0 Å². The fourth-order valence-corrected chi connectivity index (χ4v) is 2.81. The van der Waals surface area contributed by atoms with Gasteiger partial charge >= 0.3 is 5.97 Å². The molecule has 0 heterocycles. The smallest absolute Gasteiger partial charge is 0.311 e. The summed E-state index contributed by atoms with van der Waals surface area (Å²) in [6.07, 6.45) is 0.572. The van der Waals surface area contributed by atoms with E-state index in [0.717, 1.165) is 0 Å². The summed E-state index contributed by atoms with van der Waals surface area (Å²) in [5.41, 5.74) is 0.969. The van der Waals surface area contributed by atoms with E-state index < -0.39 is 5.97 Å². The maximum atomic E-state index is 12.1. The minimum Gasteiger partial charge on any atom is -0.490 e. The van der Waals surface area contributed by atoms with Crippen molar-refractivity contribution in [1.82, 2.24) is 5.32 Å². The van der Waals surface area contributed by atoms with Crippen LogP contribution >= 0.6 is 15.9 Å².